The monoisotopic (exact) mass is 547 g/mol. The number of fused-ring (bicyclic) bond motifs is 2. The normalized spacial score (nSPS) is 15.3. The summed E-state index contributed by atoms with van der Waals surface area (Å²) < 4.78 is 13.8. The van der Waals surface area contributed by atoms with Crippen molar-refractivity contribution in [3.05, 3.63) is 80.0 Å². The summed E-state index contributed by atoms with van der Waals surface area (Å²) in [4.78, 5) is 42.0. The SMILES string of the molecule is COC(=O)CC(c1ccc2c(c1)n(C)c(=O)n2C)c1c(O)c(C(C)=O)cc(C2OCc3cnc(C)c(O)c32)c1O. The Balaban J connectivity index is 1.78. The number of pyridine rings is 1. The van der Waals surface area contributed by atoms with E-state index in [9.17, 15) is 29.7 Å². The molecule has 0 spiro atoms. The highest BCUT2D eigenvalue weighted by atomic mass is 16.5. The smallest absolute Gasteiger partial charge is 0.328 e. The molecule has 11 nitrogen and oxygen atoms in total. The number of hydrogen-bond acceptors (Lipinski definition) is 9. The maximum atomic E-state index is 12.7. The van der Waals surface area contributed by atoms with Crippen molar-refractivity contribution in [2.24, 2.45) is 14.1 Å². The number of Topliss-reactive ketones (excluding diaryl/α,β-unsaturated/α-hetero) is 1. The van der Waals surface area contributed by atoms with Crippen LogP contribution in [0.25, 0.3) is 11.0 Å². The molecule has 0 saturated heterocycles. The lowest BCUT2D eigenvalue weighted by Crippen LogP contribution is -2.19. The quantitative estimate of drug-likeness (QED) is 0.244. The molecule has 2 unspecified atom stereocenters. The number of aromatic hydroxyl groups is 3. The molecule has 0 aliphatic carbocycles. The number of esters is 1. The molecule has 3 N–H and O–H groups in total. The molecular weight excluding hydrogens is 518 g/mol. The van der Waals surface area contributed by atoms with E-state index in [1.165, 1.54) is 29.2 Å². The fraction of sp³-hybridized carbons (Fsp3) is 0.310. The van der Waals surface area contributed by atoms with Crippen LogP contribution in [0.15, 0.2) is 35.3 Å². The van der Waals surface area contributed by atoms with E-state index in [0.717, 1.165) is 0 Å². The number of benzene rings is 2. The average Bonchev–Trinajstić information content (AvgIpc) is 3.45. The molecule has 0 saturated carbocycles. The number of aromatic nitrogens is 3. The van der Waals surface area contributed by atoms with Gasteiger partial charge in [0.2, 0.25) is 0 Å². The molecule has 11 heteroatoms. The Kier molecular flexibility index (Phi) is 6.62. The van der Waals surface area contributed by atoms with Crippen molar-refractivity contribution in [1.29, 1.82) is 0 Å². The minimum Gasteiger partial charge on any atom is -0.507 e. The molecule has 2 aromatic carbocycles. The topological polar surface area (TPSA) is 153 Å². The Hall–Kier alpha value is -4.64. The standard InChI is InChI=1S/C29H29N3O8/c1-13-25(35)23-16(11-30-13)12-40-28(23)19-9-17(14(2)33)26(36)24(27(19)37)18(10-22(34)39-5)15-6-7-20-21(8-15)32(4)29(38)31(20)3/h6-9,11,18,28,35-37H,10,12H2,1-5H3. The number of hydrogen-bond donors (Lipinski definition) is 3. The Labute approximate surface area is 228 Å². The van der Waals surface area contributed by atoms with Crippen LogP contribution in [0.4, 0.5) is 0 Å². The van der Waals surface area contributed by atoms with E-state index < -0.39 is 35.3 Å². The van der Waals surface area contributed by atoms with Gasteiger partial charge in [-0.3, -0.25) is 23.7 Å². The Morgan fingerprint density at radius 2 is 1.80 bits per heavy atom. The molecule has 5 rings (SSSR count). The van der Waals surface area contributed by atoms with Gasteiger partial charge in [0.1, 0.15) is 23.4 Å². The van der Waals surface area contributed by atoms with Crippen LogP contribution in [0.5, 0.6) is 17.2 Å². The van der Waals surface area contributed by atoms with Gasteiger partial charge in [0.25, 0.3) is 0 Å². The molecule has 0 bridgehead atoms. The number of phenolic OH excluding ortho intramolecular Hbond substituents is 2. The van der Waals surface area contributed by atoms with Gasteiger partial charge in [-0.1, -0.05) is 6.07 Å². The number of ether oxygens (including phenoxy) is 2. The zero-order chi connectivity index (χ0) is 29.0. The molecular formula is C29H29N3O8. The second-order valence-electron chi connectivity index (χ2n) is 9.98. The van der Waals surface area contributed by atoms with Crippen molar-refractivity contribution in [2.45, 2.75) is 38.9 Å². The molecule has 1 aliphatic heterocycles. The van der Waals surface area contributed by atoms with Crippen LogP contribution >= 0.6 is 0 Å². The summed E-state index contributed by atoms with van der Waals surface area (Å²) in [6.45, 7) is 3.01. The van der Waals surface area contributed by atoms with Gasteiger partial charge in [0.05, 0.1) is 42.4 Å². The number of rotatable bonds is 6. The maximum absolute atomic E-state index is 12.7. The van der Waals surface area contributed by atoms with Crippen LogP contribution in [0, 0.1) is 6.92 Å². The molecule has 2 aromatic heterocycles. The predicted octanol–water partition coefficient (Wildman–Crippen LogP) is 3.21. The predicted molar refractivity (Wildman–Crippen MR) is 144 cm³/mol. The summed E-state index contributed by atoms with van der Waals surface area (Å²) in [5, 5.41) is 33.8. The summed E-state index contributed by atoms with van der Waals surface area (Å²) in [5.41, 5.74) is 2.83. The van der Waals surface area contributed by atoms with Crippen LogP contribution in [-0.2, 0) is 35.0 Å². The summed E-state index contributed by atoms with van der Waals surface area (Å²) in [6.07, 6.45) is 0.320. The molecule has 3 heterocycles. The van der Waals surface area contributed by atoms with Crippen LogP contribution in [-0.4, -0.2) is 48.3 Å². The highest BCUT2D eigenvalue weighted by Crippen LogP contribution is 2.50. The van der Waals surface area contributed by atoms with Crippen LogP contribution in [0.3, 0.4) is 0 Å². The average molecular weight is 548 g/mol. The van der Waals surface area contributed by atoms with Gasteiger partial charge in [-0.25, -0.2) is 4.79 Å². The zero-order valence-electron chi connectivity index (χ0n) is 22.7. The first-order valence-electron chi connectivity index (χ1n) is 12.6. The van der Waals surface area contributed by atoms with Gasteiger partial charge >= 0.3 is 11.7 Å². The van der Waals surface area contributed by atoms with Crippen molar-refractivity contribution in [3.8, 4) is 17.2 Å². The third-order valence-corrected chi connectivity index (χ3v) is 7.67. The molecule has 1 aliphatic rings. The van der Waals surface area contributed by atoms with E-state index in [4.69, 9.17) is 9.47 Å². The van der Waals surface area contributed by atoms with Gasteiger partial charge < -0.3 is 24.8 Å². The highest BCUT2D eigenvalue weighted by molar-refractivity contribution is 5.98. The number of carbonyl (C=O) groups excluding carboxylic acids is 2. The molecule has 4 aromatic rings. The van der Waals surface area contributed by atoms with Crippen molar-refractivity contribution in [3.63, 3.8) is 0 Å². The van der Waals surface area contributed by atoms with Gasteiger partial charge in [-0.15, -0.1) is 0 Å². The van der Waals surface area contributed by atoms with Gasteiger partial charge in [0.15, 0.2) is 5.78 Å². The summed E-state index contributed by atoms with van der Waals surface area (Å²) >= 11 is 0. The number of imidazole rings is 1. The van der Waals surface area contributed by atoms with E-state index in [-0.39, 0.29) is 41.2 Å². The van der Waals surface area contributed by atoms with E-state index in [2.05, 4.69) is 4.98 Å². The molecule has 208 valence electrons. The van der Waals surface area contributed by atoms with Crippen molar-refractivity contribution in [1.82, 2.24) is 14.1 Å². The first-order valence-corrected chi connectivity index (χ1v) is 12.6. The number of methoxy groups -OCH3 is 1. The summed E-state index contributed by atoms with van der Waals surface area (Å²) in [6, 6.07) is 6.44. The third kappa shape index (κ3) is 4.10. The lowest BCUT2D eigenvalue weighted by molar-refractivity contribution is -0.140. The first-order chi connectivity index (χ1) is 19.0. The van der Waals surface area contributed by atoms with E-state index in [1.54, 1.807) is 45.4 Å². The van der Waals surface area contributed by atoms with Crippen molar-refractivity contribution in [2.75, 3.05) is 7.11 Å². The zero-order valence-corrected chi connectivity index (χ0v) is 22.7. The summed E-state index contributed by atoms with van der Waals surface area (Å²) in [5.74, 6) is -3.06. The second-order valence-corrected chi connectivity index (χ2v) is 9.98. The molecule has 2 atom stereocenters. The Bertz CT molecular complexity index is 1770. The van der Waals surface area contributed by atoms with Gasteiger partial charge in [-0.05, 0) is 37.6 Å². The number of ketones is 1. The fourth-order valence-electron chi connectivity index (χ4n) is 5.44. The van der Waals surface area contributed by atoms with Crippen LogP contribution < -0.4 is 5.69 Å². The third-order valence-electron chi connectivity index (χ3n) is 7.67. The van der Waals surface area contributed by atoms with Gasteiger partial charge in [0, 0.05) is 48.5 Å². The van der Waals surface area contributed by atoms with Crippen LogP contribution in [0.2, 0.25) is 0 Å². The fourth-order valence-corrected chi connectivity index (χ4v) is 5.44. The van der Waals surface area contributed by atoms with E-state index in [1.807, 2.05) is 0 Å². The van der Waals surface area contributed by atoms with Crippen molar-refractivity contribution >= 4 is 22.8 Å². The molecule has 40 heavy (non-hydrogen) atoms. The largest absolute Gasteiger partial charge is 0.507 e. The minimum absolute atomic E-state index is 0.0734. The Morgan fingerprint density at radius 3 is 2.48 bits per heavy atom. The highest BCUT2D eigenvalue weighted by Gasteiger charge is 2.36. The molecule has 0 radical (unpaired) electrons. The number of phenols is 2. The van der Waals surface area contributed by atoms with Gasteiger partial charge in [-0.2, -0.15) is 0 Å². The second kappa shape index (κ2) is 9.83. The summed E-state index contributed by atoms with van der Waals surface area (Å²) in [7, 11) is 4.48. The Morgan fingerprint density at radius 1 is 1.10 bits per heavy atom. The lowest BCUT2D eigenvalue weighted by atomic mass is 9.83. The maximum Gasteiger partial charge on any atom is 0.328 e. The van der Waals surface area contributed by atoms with E-state index in [0.29, 0.717) is 33.4 Å². The number of carbonyl (C=O) groups is 2. The lowest BCUT2D eigenvalue weighted by Gasteiger charge is -2.24. The number of nitrogens with zero attached hydrogens (tertiary/aromatic N) is 3. The van der Waals surface area contributed by atoms with Crippen LogP contribution in [0.1, 0.15) is 69.2 Å². The molecule has 0 amide bonds. The first kappa shape index (κ1) is 26.9. The van der Waals surface area contributed by atoms with E-state index >= 15 is 0 Å². The van der Waals surface area contributed by atoms with Crippen molar-refractivity contribution < 1.29 is 34.4 Å². The number of aryl methyl sites for hydroxylation is 3. The minimum atomic E-state index is -0.973. The molecule has 0 fully saturated rings.